The van der Waals surface area contributed by atoms with E-state index in [0.29, 0.717) is 0 Å². The van der Waals surface area contributed by atoms with Crippen LogP contribution in [0.2, 0.25) is 12.6 Å². The Labute approximate surface area is 155 Å². The summed E-state index contributed by atoms with van der Waals surface area (Å²) in [4.78, 5) is 2.48. The van der Waals surface area contributed by atoms with E-state index in [2.05, 4.69) is 4.98 Å². The van der Waals surface area contributed by atoms with Gasteiger partial charge in [-0.05, 0) is 12.6 Å². The second-order valence-corrected chi connectivity index (χ2v) is 8.86. The summed E-state index contributed by atoms with van der Waals surface area (Å²) in [6, 6.07) is -0.951. The number of hydrogen-bond acceptors (Lipinski definition) is 1. The Bertz CT molecular complexity index is 556. The van der Waals surface area contributed by atoms with Gasteiger partial charge >= 0.3 is 41.7 Å². The third-order valence-corrected chi connectivity index (χ3v) is 6.10. The van der Waals surface area contributed by atoms with E-state index in [1.54, 1.807) is 0 Å². The molecule has 0 saturated carbocycles. The van der Waals surface area contributed by atoms with Crippen molar-refractivity contribution < 1.29 is 65.9 Å². The van der Waals surface area contributed by atoms with Gasteiger partial charge < -0.3 is 4.98 Å². The van der Waals surface area contributed by atoms with Gasteiger partial charge in [0, 0.05) is 6.42 Å². The fraction of sp³-hybridized carbons (Fsp3) is 1.00. The van der Waals surface area contributed by atoms with Crippen molar-refractivity contribution in [3.63, 3.8) is 0 Å². The maximum atomic E-state index is 13.5. The zero-order chi connectivity index (χ0) is 23.9. The summed E-state index contributed by atoms with van der Waals surface area (Å²) in [5.41, 5.74) is 0. The summed E-state index contributed by atoms with van der Waals surface area (Å²) >= 11 is 0. The van der Waals surface area contributed by atoms with E-state index < -0.39 is 63.1 Å². The monoisotopic (exact) mass is 485 g/mol. The molecule has 1 atom stereocenters. The van der Waals surface area contributed by atoms with Crippen molar-refractivity contribution in [2.45, 2.75) is 67.6 Å². The van der Waals surface area contributed by atoms with Crippen molar-refractivity contribution in [1.29, 1.82) is 0 Å². The van der Waals surface area contributed by atoms with Crippen LogP contribution >= 0.6 is 0 Å². The van der Waals surface area contributed by atoms with Gasteiger partial charge in [0.25, 0.3) is 0 Å². The van der Waals surface area contributed by atoms with E-state index in [-0.39, 0.29) is 6.54 Å². The van der Waals surface area contributed by atoms with E-state index in [9.17, 15) is 65.9 Å². The summed E-state index contributed by atoms with van der Waals surface area (Å²) < 4.78 is 194. The van der Waals surface area contributed by atoms with Crippen molar-refractivity contribution in [2.24, 2.45) is 0 Å². The SMILES string of the molecule is CCN[SiH](C)CCC(F)(F)C(F)(F)C(F)(F)C(F)(F)C(F)(F)C(F)(F)C(F)(F)F. The van der Waals surface area contributed by atoms with Crippen LogP contribution in [0.25, 0.3) is 0 Å². The third-order valence-electron chi connectivity index (χ3n) is 3.84. The van der Waals surface area contributed by atoms with Crippen LogP contribution < -0.4 is 4.98 Å². The van der Waals surface area contributed by atoms with Gasteiger partial charge in [-0.3, -0.25) is 0 Å². The first-order chi connectivity index (χ1) is 12.5. The Morgan fingerprint density at radius 1 is 0.586 bits per heavy atom. The first-order valence-electron chi connectivity index (χ1n) is 7.52. The highest BCUT2D eigenvalue weighted by Crippen LogP contribution is 2.62. The second kappa shape index (κ2) is 7.99. The number of alkyl halides is 15. The minimum absolute atomic E-state index is 0.127. The standard InChI is InChI=1S/C12H14F15NSi/c1-3-28-29(2)5-4-6(13,14)7(15,16)8(17,18)9(19,20)10(21,22)11(23,24)12(25,26)27/h28-29H,3-5H2,1-2H3. The molecule has 0 radical (unpaired) electrons. The van der Waals surface area contributed by atoms with Crippen LogP contribution in [-0.4, -0.2) is 57.2 Å². The Kier molecular flexibility index (Phi) is 7.75. The summed E-state index contributed by atoms with van der Waals surface area (Å²) in [6.45, 7) is 2.78. The van der Waals surface area contributed by atoms with E-state index >= 15 is 0 Å². The maximum Gasteiger partial charge on any atom is 0.460 e. The van der Waals surface area contributed by atoms with Crippen molar-refractivity contribution >= 4 is 8.96 Å². The van der Waals surface area contributed by atoms with Gasteiger partial charge in [-0.25, -0.2) is 0 Å². The van der Waals surface area contributed by atoms with Gasteiger partial charge in [0.15, 0.2) is 0 Å². The van der Waals surface area contributed by atoms with E-state index in [4.69, 9.17) is 0 Å². The predicted octanol–water partition coefficient (Wildman–Crippen LogP) is 5.71. The summed E-state index contributed by atoms with van der Waals surface area (Å²) in [5, 5.41) is 0. The topological polar surface area (TPSA) is 12.0 Å². The lowest BCUT2D eigenvalue weighted by Crippen LogP contribution is -2.72. The molecule has 0 aromatic carbocycles. The summed E-state index contributed by atoms with van der Waals surface area (Å²) in [6.07, 6.45) is -9.83. The second-order valence-electron chi connectivity index (χ2n) is 6.07. The lowest BCUT2D eigenvalue weighted by Gasteiger charge is -2.41. The molecule has 0 aromatic heterocycles. The van der Waals surface area contributed by atoms with E-state index in [1.165, 1.54) is 13.5 Å². The van der Waals surface area contributed by atoms with E-state index in [1.807, 2.05) is 0 Å². The molecule has 0 aliphatic rings. The number of halogens is 15. The Morgan fingerprint density at radius 2 is 0.931 bits per heavy atom. The van der Waals surface area contributed by atoms with Gasteiger partial charge in [0.1, 0.15) is 8.96 Å². The Morgan fingerprint density at radius 3 is 1.28 bits per heavy atom. The third kappa shape index (κ3) is 4.44. The van der Waals surface area contributed by atoms with Crippen molar-refractivity contribution in [2.75, 3.05) is 6.54 Å². The highest BCUT2D eigenvalue weighted by molar-refractivity contribution is 6.54. The quantitative estimate of drug-likeness (QED) is 0.309. The minimum atomic E-state index is -8.21. The molecule has 0 aromatic rings. The highest BCUT2D eigenvalue weighted by Gasteiger charge is 2.93. The Hall–Kier alpha value is -0.873. The van der Waals surface area contributed by atoms with Crippen LogP contribution in [0.3, 0.4) is 0 Å². The lowest BCUT2D eigenvalue weighted by atomic mass is 9.90. The average Bonchev–Trinajstić information content (AvgIpc) is 2.51. The fourth-order valence-corrected chi connectivity index (χ4v) is 3.70. The van der Waals surface area contributed by atoms with E-state index in [0.717, 1.165) is 0 Å². The summed E-state index contributed by atoms with van der Waals surface area (Å²) in [5.74, 6) is -45.9. The minimum Gasteiger partial charge on any atom is -0.340 e. The van der Waals surface area contributed by atoms with Crippen LogP contribution in [0, 0.1) is 0 Å². The zero-order valence-electron chi connectivity index (χ0n) is 14.4. The molecule has 17 heteroatoms. The molecule has 0 spiro atoms. The molecular formula is C12H14F15NSi. The molecule has 0 heterocycles. The molecule has 0 fully saturated rings. The molecule has 0 aliphatic heterocycles. The smallest absolute Gasteiger partial charge is 0.340 e. The largest absolute Gasteiger partial charge is 0.460 e. The molecule has 1 nitrogen and oxygen atoms in total. The predicted molar refractivity (Wildman–Crippen MR) is 71.9 cm³/mol. The zero-order valence-corrected chi connectivity index (χ0v) is 15.5. The molecule has 1 unspecified atom stereocenters. The summed E-state index contributed by atoms with van der Waals surface area (Å²) in [7, 11) is -2.47. The van der Waals surface area contributed by atoms with Gasteiger partial charge in [-0.1, -0.05) is 13.5 Å². The van der Waals surface area contributed by atoms with Gasteiger partial charge in [0.05, 0.1) is 0 Å². The number of rotatable bonds is 10. The van der Waals surface area contributed by atoms with Crippen LogP contribution in [0.15, 0.2) is 0 Å². The van der Waals surface area contributed by atoms with Crippen LogP contribution in [0.5, 0.6) is 0 Å². The van der Waals surface area contributed by atoms with Crippen molar-refractivity contribution in [3.05, 3.63) is 0 Å². The molecular weight excluding hydrogens is 471 g/mol. The maximum absolute atomic E-state index is 13.5. The first kappa shape index (κ1) is 28.1. The molecule has 0 aliphatic carbocycles. The Balaban J connectivity index is 6.15. The van der Waals surface area contributed by atoms with Crippen LogP contribution in [0.4, 0.5) is 65.9 Å². The highest BCUT2D eigenvalue weighted by atomic mass is 28.3. The average molecular weight is 485 g/mol. The van der Waals surface area contributed by atoms with Gasteiger partial charge in [0.2, 0.25) is 0 Å². The van der Waals surface area contributed by atoms with Crippen molar-refractivity contribution in [3.8, 4) is 0 Å². The molecule has 1 N–H and O–H groups in total. The molecule has 0 amide bonds. The van der Waals surface area contributed by atoms with Gasteiger partial charge in [-0.2, -0.15) is 65.9 Å². The lowest BCUT2D eigenvalue weighted by molar-refractivity contribution is -0.452. The normalized spacial score (nSPS) is 16.9. The molecule has 176 valence electrons. The number of hydrogen-bond donors (Lipinski definition) is 1. The first-order valence-corrected chi connectivity index (χ1v) is 10.1. The number of nitrogens with one attached hydrogen (secondary N) is 1. The molecule has 0 bridgehead atoms. The molecule has 29 heavy (non-hydrogen) atoms. The van der Waals surface area contributed by atoms with Crippen LogP contribution in [0.1, 0.15) is 13.3 Å². The molecule has 0 rings (SSSR count). The van der Waals surface area contributed by atoms with Crippen LogP contribution in [-0.2, 0) is 0 Å². The molecule has 0 saturated heterocycles. The van der Waals surface area contributed by atoms with Crippen molar-refractivity contribution in [1.82, 2.24) is 4.98 Å². The fourth-order valence-electron chi connectivity index (χ4n) is 2.00. The van der Waals surface area contributed by atoms with Gasteiger partial charge in [-0.15, -0.1) is 0 Å².